The van der Waals surface area contributed by atoms with Gasteiger partial charge in [0.05, 0.1) is 12.1 Å². The lowest BCUT2D eigenvalue weighted by Gasteiger charge is -2.13. The van der Waals surface area contributed by atoms with E-state index in [9.17, 15) is 18.0 Å². The van der Waals surface area contributed by atoms with Crippen LogP contribution in [0.4, 0.5) is 5.13 Å². The molecule has 1 aliphatic rings. The van der Waals surface area contributed by atoms with Gasteiger partial charge in [-0.05, 0) is 18.9 Å². The van der Waals surface area contributed by atoms with Crippen molar-refractivity contribution >= 4 is 38.3 Å². The predicted molar refractivity (Wildman–Crippen MR) is 91.8 cm³/mol. The number of carbonyl (C=O) groups excluding carboxylic acids is 2. The summed E-state index contributed by atoms with van der Waals surface area (Å²) < 4.78 is 26.3. The third kappa shape index (κ3) is 3.89. The minimum Gasteiger partial charge on any atom is -0.369 e. The van der Waals surface area contributed by atoms with Gasteiger partial charge in [-0.1, -0.05) is 0 Å². The standard InChI is InChI=1S/C14H17N5O4S2/c15-12(20)5-9-8-24-14(17-9)18-13(21)11-6-10(7-16-11)25(22,23)19-3-1-2-4-19/h6-8,16H,1-5H2,(H2,15,20)(H,17,18,21). The molecule has 9 nitrogen and oxygen atoms in total. The molecular weight excluding hydrogens is 366 g/mol. The van der Waals surface area contributed by atoms with Gasteiger partial charge in [-0.2, -0.15) is 4.31 Å². The first-order chi connectivity index (χ1) is 11.9. The van der Waals surface area contributed by atoms with Crippen molar-refractivity contribution in [2.45, 2.75) is 24.2 Å². The van der Waals surface area contributed by atoms with Crippen LogP contribution in [0, 0.1) is 0 Å². The van der Waals surface area contributed by atoms with Gasteiger partial charge in [0.15, 0.2) is 5.13 Å². The van der Waals surface area contributed by atoms with Gasteiger partial charge in [0.2, 0.25) is 15.9 Å². The predicted octanol–water partition coefficient (Wildman–Crippen LogP) is 0.536. The summed E-state index contributed by atoms with van der Waals surface area (Å²) in [6.45, 7) is 0.994. The van der Waals surface area contributed by atoms with Crippen LogP contribution in [0.1, 0.15) is 29.0 Å². The van der Waals surface area contributed by atoms with E-state index in [1.807, 2.05) is 0 Å². The summed E-state index contributed by atoms with van der Waals surface area (Å²) in [5, 5.41) is 4.49. The Balaban J connectivity index is 1.70. The molecule has 0 radical (unpaired) electrons. The van der Waals surface area contributed by atoms with Crippen LogP contribution >= 0.6 is 11.3 Å². The first-order valence-corrected chi connectivity index (χ1v) is 9.91. The molecule has 1 saturated heterocycles. The van der Waals surface area contributed by atoms with Crippen LogP contribution in [0.5, 0.6) is 0 Å². The Kier molecular flexibility index (Phi) is 4.88. The molecule has 4 N–H and O–H groups in total. The number of thiazole rings is 1. The molecule has 2 aromatic heterocycles. The average molecular weight is 383 g/mol. The van der Waals surface area contributed by atoms with Crippen LogP contribution in [0.15, 0.2) is 22.5 Å². The molecule has 1 fully saturated rings. The number of nitrogens with zero attached hydrogens (tertiary/aromatic N) is 2. The van der Waals surface area contributed by atoms with E-state index >= 15 is 0 Å². The van der Waals surface area contributed by atoms with Gasteiger partial charge in [0.25, 0.3) is 5.91 Å². The SMILES string of the molecule is NC(=O)Cc1csc(NC(=O)c2cc(S(=O)(=O)N3CCCC3)c[nH]2)n1. The highest BCUT2D eigenvalue weighted by Gasteiger charge is 2.28. The lowest BCUT2D eigenvalue weighted by atomic mass is 10.3. The Morgan fingerprint density at radius 1 is 1.36 bits per heavy atom. The Morgan fingerprint density at radius 2 is 2.08 bits per heavy atom. The fraction of sp³-hybridized carbons (Fsp3) is 0.357. The van der Waals surface area contributed by atoms with Crippen molar-refractivity contribution < 1.29 is 18.0 Å². The maximum Gasteiger partial charge on any atom is 0.273 e. The number of aromatic nitrogens is 2. The number of hydrogen-bond acceptors (Lipinski definition) is 6. The second-order valence-corrected chi connectivity index (χ2v) is 8.40. The monoisotopic (exact) mass is 383 g/mol. The van der Waals surface area contributed by atoms with E-state index in [4.69, 9.17) is 5.73 Å². The van der Waals surface area contributed by atoms with Crippen molar-refractivity contribution in [3.05, 3.63) is 29.0 Å². The van der Waals surface area contributed by atoms with Gasteiger partial charge in [-0.15, -0.1) is 11.3 Å². The second-order valence-electron chi connectivity index (χ2n) is 5.60. The lowest BCUT2D eigenvalue weighted by molar-refractivity contribution is -0.117. The maximum atomic E-state index is 12.5. The summed E-state index contributed by atoms with van der Waals surface area (Å²) >= 11 is 1.16. The molecule has 0 saturated carbocycles. The average Bonchev–Trinajstić information content (AvgIpc) is 3.28. The number of primary amides is 1. The van der Waals surface area contributed by atoms with E-state index in [2.05, 4.69) is 15.3 Å². The maximum absolute atomic E-state index is 12.5. The summed E-state index contributed by atoms with van der Waals surface area (Å²) in [6.07, 6.45) is 2.99. The minimum atomic E-state index is -3.58. The molecule has 0 spiro atoms. The lowest BCUT2D eigenvalue weighted by Crippen LogP contribution is -2.27. The number of hydrogen-bond donors (Lipinski definition) is 3. The zero-order chi connectivity index (χ0) is 18.0. The Labute approximate surface area is 148 Å². The first kappa shape index (κ1) is 17.6. The van der Waals surface area contributed by atoms with Gasteiger partial charge in [0.1, 0.15) is 10.6 Å². The molecule has 1 aliphatic heterocycles. The molecular formula is C14H17N5O4S2. The second kappa shape index (κ2) is 6.94. The Morgan fingerprint density at radius 3 is 2.76 bits per heavy atom. The number of aromatic amines is 1. The fourth-order valence-electron chi connectivity index (χ4n) is 2.52. The molecule has 0 unspecified atom stereocenters. The highest BCUT2D eigenvalue weighted by Crippen LogP contribution is 2.22. The highest BCUT2D eigenvalue weighted by molar-refractivity contribution is 7.89. The Hall–Kier alpha value is -2.24. The molecule has 3 heterocycles. The number of nitrogens with two attached hydrogens (primary N) is 1. The molecule has 2 amide bonds. The number of anilines is 1. The number of H-pyrrole nitrogens is 1. The minimum absolute atomic E-state index is 0.00685. The Bertz CT molecular complexity index is 896. The summed E-state index contributed by atoms with van der Waals surface area (Å²) in [5.74, 6) is -1.02. The molecule has 0 aliphatic carbocycles. The van der Waals surface area contributed by atoms with Crippen molar-refractivity contribution in [1.82, 2.24) is 14.3 Å². The molecule has 3 rings (SSSR count). The van der Waals surface area contributed by atoms with Gasteiger partial charge in [-0.25, -0.2) is 13.4 Å². The van der Waals surface area contributed by atoms with Crippen LogP contribution in [0.3, 0.4) is 0 Å². The number of amides is 2. The van der Waals surface area contributed by atoms with Crippen LogP contribution in [0.2, 0.25) is 0 Å². The van der Waals surface area contributed by atoms with Gasteiger partial charge in [-0.3, -0.25) is 14.9 Å². The first-order valence-electron chi connectivity index (χ1n) is 7.59. The van der Waals surface area contributed by atoms with Crippen molar-refractivity contribution in [2.24, 2.45) is 5.73 Å². The molecule has 0 atom stereocenters. The number of sulfonamides is 1. The topological polar surface area (TPSA) is 138 Å². The fourth-order valence-corrected chi connectivity index (χ4v) is 4.74. The van der Waals surface area contributed by atoms with E-state index in [-0.39, 0.29) is 17.0 Å². The normalized spacial score (nSPS) is 15.4. The van der Waals surface area contributed by atoms with Crippen LogP contribution < -0.4 is 11.1 Å². The number of rotatable bonds is 6. The van der Waals surface area contributed by atoms with E-state index in [1.54, 1.807) is 5.38 Å². The largest absolute Gasteiger partial charge is 0.369 e. The van der Waals surface area contributed by atoms with Crippen LogP contribution in [-0.2, 0) is 21.2 Å². The van der Waals surface area contributed by atoms with Gasteiger partial charge < -0.3 is 10.7 Å². The highest BCUT2D eigenvalue weighted by atomic mass is 32.2. The quantitative estimate of drug-likeness (QED) is 0.668. The summed E-state index contributed by atoms with van der Waals surface area (Å²) in [6, 6.07) is 1.31. The van der Waals surface area contributed by atoms with Crippen molar-refractivity contribution in [1.29, 1.82) is 0 Å². The van der Waals surface area contributed by atoms with E-state index in [0.717, 1.165) is 24.2 Å². The zero-order valence-corrected chi connectivity index (χ0v) is 14.8. The van der Waals surface area contributed by atoms with Crippen LogP contribution in [0.25, 0.3) is 0 Å². The smallest absolute Gasteiger partial charge is 0.273 e. The third-order valence-corrected chi connectivity index (χ3v) is 6.41. The molecule has 0 aromatic carbocycles. The number of nitrogens with one attached hydrogen (secondary N) is 2. The van der Waals surface area contributed by atoms with E-state index in [0.29, 0.717) is 23.9 Å². The zero-order valence-electron chi connectivity index (χ0n) is 13.2. The van der Waals surface area contributed by atoms with Crippen LogP contribution in [-0.4, -0.2) is 47.6 Å². The van der Waals surface area contributed by atoms with Crippen molar-refractivity contribution in [3.8, 4) is 0 Å². The number of carbonyl (C=O) groups is 2. The molecule has 25 heavy (non-hydrogen) atoms. The molecule has 2 aromatic rings. The third-order valence-electron chi connectivity index (χ3n) is 3.73. The summed E-state index contributed by atoms with van der Waals surface area (Å²) in [5.41, 5.74) is 5.68. The molecule has 0 bridgehead atoms. The van der Waals surface area contributed by atoms with Crippen molar-refractivity contribution in [3.63, 3.8) is 0 Å². The van der Waals surface area contributed by atoms with E-state index in [1.165, 1.54) is 16.6 Å². The van der Waals surface area contributed by atoms with E-state index < -0.39 is 21.8 Å². The van der Waals surface area contributed by atoms with Gasteiger partial charge in [0, 0.05) is 24.7 Å². The molecule has 134 valence electrons. The summed E-state index contributed by atoms with van der Waals surface area (Å²) in [7, 11) is -3.58. The molecule has 11 heteroatoms. The van der Waals surface area contributed by atoms with Gasteiger partial charge >= 0.3 is 0 Å². The van der Waals surface area contributed by atoms with Crippen molar-refractivity contribution in [2.75, 3.05) is 18.4 Å². The summed E-state index contributed by atoms with van der Waals surface area (Å²) in [4.78, 5) is 29.9.